The molecule has 2 heterocycles. The minimum Gasteiger partial charge on any atom is -0.383 e. The monoisotopic (exact) mass is 439 g/mol. The van der Waals surface area contributed by atoms with Crippen LogP contribution in [0.3, 0.4) is 0 Å². The van der Waals surface area contributed by atoms with Crippen LogP contribution in [0.5, 0.6) is 0 Å². The van der Waals surface area contributed by atoms with Crippen molar-refractivity contribution in [2.45, 2.75) is 13.3 Å². The molecule has 0 bridgehead atoms. The summed E-state index contributed by atoms with van der Waals surface area (Å²) in [6, 6.07) is 1.98. The molecule has 2 rings (SSSR count). The zero-order valence-electron chi connectivity index (χ0n) is 8.80. The highest BCUT2D eigenvalue weighted by molar-refractivity contribution is 9.13. The Hall–Kier alpha value is 0.0200. The van der Waals surface area contributed by atoms with Gasteiger partial charge in [-0.1, -0.05) is 6.92 Å². The summed E-state index contributed by atoms with van der Waals surface area (Å²) in [6.45, 7) is 2.04. The van der Waals surface area contributed by atoms with Crippen molar-refractivity contribution in [1.29, 1.82) is 0 Å². The number of nitrogen functional groups attached to an aromatic ring is 1. The van der Waals surface area contributed by atoms with Gasteiger partial charge in [0, 0.05) is 4.47 Å². The molecule has 90 valence electrons. The Labute approximate surface area is 128 Å². The highest BCUT2D eigenvalue weighted by atomic mass is 79.9. The van der Waals surface area contributed by atoms with E-state index in [0.717, 1.165) is 29.7 Å². The van der Waals surface area contributed by atoms with Crippen molar-refractivity contribution in [3.63, 3.8) is 0 Å². The number of nitrogens with zero attached hydrogens (tertiary/aromatic N) is 2. The standard InChI is InChI=1S/C10H8Br3N3S/c1-2-5-7(12)9(14)16-10(15-5)6-3-4(11)8(13)17-6/h3H,2H2,1H3,(H2,14,15,16). The Bertz CT molecular complexity index is 549. The van der Waals surface area contributed by atoms with Crippen LogP contribution >= 0.6 is 59.1 Å². The zero-order chi connectivity index (χ0) is 12.6. The number of rotatable bonds is 2. The normalized spacial score (nSPS) is 10.8. The van der Waals surface area contributed by atoms with Gasteiger partial charge >= 0.3 is 0 Å². The average molecular weight is 442 g/mol. The molecule has 0 saturated carbocycles. The van der Waals surface area contributed by atoms with Gasteiger partial charge in [0.2, 0.25) is 0 Å². The van der Waals surface area contributed by atoms with Gasteiger partial charge in [-0.25, -0.2) is 9.97 Å². The van der Waals surface area contributed by atoms with Crippen LogP contribution in [0.2, 0.25) is 0 Å². The van der Waals surface area contributed by atoms with Crippen LogP contribution in [0, 0.1) is 0 Å². The molecule has 0 amide bonds. The van der Waals surface area contributed by atoms with Crippen LogP contribution in [0.15, 0.2) is 18.8 Å². The third kappa shape index (κ3) is 2.72. The van der Waals surface area contributed by atoms with Crippen molar-refractivity contribution in [3.05, 3.63) is 24.5 Å². The Morgan fingerprint density at radius 1 is 1.29 bits per heavy atom. The van der Waals surface area contributed by atoms with Crippen molar-refractivity contribution in [1.82, 2.24) is 9.97 Å². The largest absolute Gasteiger partial charge is 0.383 e. The predicted octanol–water partition coefficient (Wildman–Crippen LogP) is 4.64. The number of nitrogens with two attached hydrogens (primary N) is 1. The number of thiophene rings is 1. The lowest BCUT2D eigenvalue weighted by atomic mass is 10.3. The van der Waals surface area contributed by atoms with Gasteiger partial charge in [0.05, 0.1) is 18.8 Å². The van der Waals surface area contributed by atoms with Gasteiger partial charge in [0.1, 0.15) is 5.82 Å². The maximum Gasteiger partial charge on any atom is 0.172 e. The molecule has 7 heteroatoms. The van der Waals surface area contributed by atoms with Crippen LogP contribution in [-0.2, 0) is 6.42 Å². The van der Waals surface area contributed by atoms with Crippen LogP contribution in [-0.4, -0.2) is 9.97 Å². The first-order valence-electron chi connectivity index (χ1n) is 4.80. The van der Waals surface area contributed by atoms with Gasteiger partial charge in [0.25, 0.3) is 0 Å². The summed E-state index contributed by atoms with van der Waals surface area (Å²) in [4.78, 5) is 9.79. The third-order valence-corrected chi connectivity index (χ3v) is 6.26. The topological polar surface area (TPSA) is 51.8 Å². The van der Waals surface area contributed by atoms with E-state index in [1.165, 1.54) is 0 Å². The van der Waals surface area contributed by atoms with Gasteiger partial charge in [-0.05, 0) is 60.3 Å². The maximum atomic E-state index is 5.86. The molecule has 0 radical (unpaired) electrons. The first-order valence-corrected chi connectivity index (χ1v) is 7.99. The van der Waals surface area contributed by atoms with Gasteiger partial charge in [-0.15, -0.1) is 11.3 Å². The fourth-order valence-electron chi connectivity index (χ4n) is 1.31. The Morgan fingerprint density at radius 3 is 2.53 bits per heavy atom. The second kappa shape index (κ2) is 5.34. The number of hydrogen-bond donors (Lipinski definition) is 1. The van der Waals surface area contributed by atoms with E-state index in [9.17, 15) is 0 Å². The number of aromatic nitrogens is 2. The van der Waals surface area contributed by atoms with Gasteiger partial charge in [-0.2, -0.15) is 0 Å². The molecule has 2 aromatic heterocycles. The molecule has 0 spiro atoms. The minimum atomic E-state index is 0.479. The molecule has 3 nitrogen and oxygen atoms in total. The summed E-state index contributed by atoms with van der Waals surface area (Å²) in [5.41, 5.74) is 6.79. The lowest BCUT2D eigenvalue weighted by Gasteiger charge is -2.05. The van der Waals surface area contributed by atoms with E-state index in [1.807, 2.05) is 13.0 Å². The van der Waals surface area contributed by atoms with E-state index in [-0.39, 0.29) is 0 Å². The summed E-state index contributed by atoms with van der Waals surface area (Å²) in [7, 11) is 0. The van der Waals surface area contributed by atoms with Crippen molar-refractivity contribution in [2.75, 3.05) is 5.73 Å². The lowest BCUT2D eigenvalue weighted by Crippen LogP contribution is -2.01. The second-order valence-corrected chi connectivity index (χ2v) is 7.30. The lowest BCUT2D eigenvalue weighted by molar-refractivity contribution is 0.998. The van der Waals surface area contributed by atoms with Crippen LogP contribution in [0.4, 0.5) is 5.82 Å². The summed E-state index contributed by atoms with van der Waals surface area (Å²) in [5, 5.41) is 0. The van der Waals surface area contributed by atoms with E-state index in [2.05, 4.69) is 57.8 Å². The highest BCUT2D eigenvalue weighted by Crippen LogP contribution is 2.37. The molecule has 0 aliphatic heterocycles. The number of aryl methyl sites for hydroxylation is 1. The van der Waals surface area contributed by atoms with E-state index in [0.29, 0.717) is 11.6 Å². The van der Waals surface area contributed by atoms with Crippen LogP contribution in [0.25, 0.3) is 10.7 Å². The summed E-state index contributed by atoms with van der Waals surface area (Å²) >= 11 is 11.9. The minimum absolute atomic E-state index is 0.479. The van der Waals surface area contributed by atoms with Crippen molar-refractivity contribution < 1.29 is 0 Å². The Kier molecular flexibility index (Phi) is 4.22. The summed E-state index contributed by atoms with van der Waals surface area (Å²) in [5.74, 6) is 1.14. The van der Waals surface area contributed by atoms with Crippen LogP contribution < -0.4 is 5.73 Å². The quantitative estimate of drug-likeness (QED) is 0.738. The van der Waals surface area contributed by atoms with Crippen LogP contribution in [0.1, 0.15) is 12.6 Å². The Morgan fingerprint density at radius 2 is 2.00 bits per heavy atom. The molecule has 0 aliphatic rings. The molecule has 0 fully saturated rings. The molecular formula is C10H8Br3N3S. The SMILES string of the molecule is CCc1nc(-c2cc(Br)c(Br)s2)nc(N)c1Br. The van der Waals surface area contributed by atoms with Gasteiger partial charge in [-0.3, -0.25) is 0 Å². The molecule has 0 unspecified atom stereocenters. The predicted molar refractivity (Wildman–Crippen MR) is 82.2 cm³/mol. The fourth-order valence-corrected chi connectivity index (χ4v) is 3.74. The molecule has 2 aromatic rings. The van der Waals surface area contributed by atoms with Crippen molar-refractivity contribution >= 4 is 64.9 Å². The molecule has 0 aromatic carbocycles. The van der Waals surface area contributed by atoms with Crippen molar-refractivity contribution in [2.24, 2.45) is 0 Å². The molecule has 17 heavy (non-hydrogen) atoms. The molecular weight excluding hydrogens is 434 g/mol. The number of hydrogen-bond acceptors (Lipinski definition) is 4. The maximum absolute atomic E-state index is 5.86. The number of anilines is 1. The fraction of sp³-hybridized carbons (Fsp3) is 0.200. The smallest absolute Gasteiger partial charge is 0.172 e. The molecule has 0 saturated heterocycles. The third-order valence-electron chi connectivity index (χ3n) is 2.15. The number of halogens is 3. The average Bonchev–Trinajstić information content (AvgIpc) is 2.63. The van der Waals surface area contributed by atoms with Gasteiger partial charge < -0.3 is 5.73 Å². The van der Waals surface area contributed by atoms with E-state index >= 15 is 0 Å². The van der Waals surface area contributed by atoms with E-state index in [4.69, 9.17) is 5.73 Å². The first-order chi connectivity index (χ1) is 8.02. The molecule has 0 atom stereocenters. The summed E-state index contributed by atoms with van der Waals surface area (Å²) < 4.78 is 2.81. The summed E-state index contributed by atoms with van der Waals surface area (Å²) in [6.07, 6.45) is 0.814. The highest BCUT2D eigenvalue weighted by Gasteiger charge is 2.13. The molecule has 2 N–H and O–H groups in total. The first kappa shape index (κ1) is 13.5. The van der Waals surface area contributed by atoms with Crippen molar-refractivity contribution in [3.8, 4) is 10.7 Å². The molecule has 0 aliphatic carbocycles. The van der Waals surface area contributed by atoms with E-state index in [1.54, 1.807) is 11.3 Å². The van der Waals surface area contributed by atoms with E-state index < -0.39 is 0 Å². The Balaban J connectivity index is 2.56. The van der Waals surface area contributed by atoms with Gasteiger partial charge in [0.15, 0.2) is 5.82 Å². The second-order valence-electron chi connectivity index (χ2n) is 3.28. The zero-order valence-corrected chi connectivity index (χ0v) is 14.4.